The van der Waals surface area contributed by atoms with Crippen LogP contribution in [0, 0.1) is 11.3 Å². The predicted molar refractivity (Wildman–Crippen MR) is 103 cm³/mol. The molecule has 0 saturated carbocycles. The summed E-state index contributed by atoms with van der Waals surface area (Å²) in [6.07, 6.45) is 7.71. The molecular weight excluding hydrogens is 338 g/mol. The van der Waals surface area contributed by atoms with E-state index >= 15 is 0 Å². The lowest BCUT2D eigenvalue weighted by molar-refractivity contribution is 0.213. The van der Waals surface area contributed by atoms with Crippen LogP contribution in [0.3, 0.4) is 0 Å². The van der Waals surface area contributed by atoms with Gasteiger partial charge < -0.3 is 9.47 Å². The molecule has 2 aromatic heterocycles. The molecule has 0 aromatic carbocycles. The maximum Gasteiger partial charge on any atom is 0.146 e. The van der Waals surface area contributed by atoms with Crippen LogP contribution in [0.4, 0.5) is 5.82 Å². The van der Waals surface area contributed by atoms with Gasteiger partial charge in [-0.05, 0) is 50.9 Å². The lowest BCUT2D eigenvalue weighted by Gasteiger charge is -2.32. The van der Waals surface area contributed by atoms with Gasteiger partial charge in [-0.3, -0.25) is 4.90 Å². The van der Waals surface area contributed by atoms with Crippen LogP contribution in [0.15, 0.2) is 18.3 Å². The fraction of sp³-hybridized carbons (Fsp3) is 0.600. The molecule has 2 aliphatic heterocycles. The highest BCUT2D eigenvalue weighted by Crippen LogP contribution is 2.29. The molecule has 0 radical (unpaired) electrons. The third-order valence-electron chi connectivity index (χ3n) is 5.87. The summed E-state index contributed by atoms with van der Waals surface area (Å²) in [6, 6.07) is 5.90. The monoisotopic (exact) mass is 365 g/mol. The zero-order valence-corrected chi connectivity index (χ0v) is 16.0. The van der Waals surface area contributed by atoms with Gasteiger partial charge in [-0.2, -0.15) is 5.26 Å². The number of piperidine rings is 2. The van der Waals surface area contributed by atoms with Gasteiger partial charge in [0, 0.05) is 32.3 Å². The minimum atomic E-state index is 0.451. The van der Waals surface area contributed by atoms with Crippen molar-refractivity contribution in [2.75, 3.05) is 31.1 Å². The molecule has 0 unspecified atom stereocenters. The molecule has 27 heavy (non-hydrogen) atoms. The summed E-state index contributed by atoms with van der Waals surface area (Å²) in [6.45, 7) is 5.18. The van der Waals surface area contributed by atoms with E-state index in [0.717, 1.165) is 49.9 Å². The highest BCUT2D eigenvalue weighted by Gasteiger charge is 2.26. The molecule has 7 heteroatoms. The molecule has 142 valence electrons. The number of aromatic nitrogens is 4. The van der Waals surface area contributed by atoms with Crippen molar-refractivity contribution in [1.82, 2.24) is 24.6 Å². The number of likely N-dealkylation sites (tertiary alicyclic amines) is 1. The minimum absolute atomic E-state index is 0.451. The SMILES string of the molecule is Cn1c(CN2CCCCC2)nnc1C1CCN(c2ccc(C#N)cn2)CC1. The van der Waals surface area contributed by atoms with Gasteiger partial charge in [-0.1, -0.05) is 6.42 Å². The van der Waals surface area contributed by atoms with Gasteiger partial charge >= 0.3 is 0 Å². The number of nitriles is 1. The lowest BCUT2D eigenvalue weighted by atomic mass is 9.96. The molecule has 2 aromatic rings. The van der Waals surface area contributed by atoms with Crippen molar-refractivity contribution in [3.8, 4) is 6.07 Å². The first-order valence-electron chi connectivity index (χ1n) is 9.96. The number of anilines is 1. The molecule has 2 fully saturated rings. The van der Waals surface area contributed by atoms with Crippen LogP contribution in [0.1, 0.15) is 55.2 Å². The number of hydrogen-bond donors (Lipinski definition) is 0. The van der Waals surface area contributed by atoms with Crippen molar-refractivity contribution < 1.29 is 0 Å². The van der Waals surface area contributed by atoms with Crippen LogP contribution in [0.2, 0.25) is 0 Å². The maximum atomic E-state index is 8.91. The molecule has 7 nitrogen and oxygen atoms in total. The largest absolute Gasteiger partial charge is 0.357 e. The quantitative estimate of drug-likeness (QED) is 0.829. The second-order valence-corrected chi connectivity index (χ2v) is 7.65. The molecular formula is C20H27N7. The van der Waals surface area contributed by atoms with Gasteiger partial charge in [0.15, 0.2) is 0 Å². The highest BCUT2D eigenvalue weighted by atomic mass is 15.3. The van der Waals surface area contributed by atoms with Crippen LogP contribution in [0.5, 0.6) is 0 Å². The van der Waals surface area contributed by atoms with E-state index in [2.05, 4.69) is 42.7 Å². The smallest absolute Gasteiger partial charge is 0.146 e. The second-order valence-electron chi connectivity index (χ2n) is 7.65. The molecule has 0 spiro atoms. The summed E-state index contributed by atoms with van der Waals surface area (Å²) in [7, 11) is 2.11. The molecule has 0 atom stereocenters. The highest BCUT2D eigenvalue weighted by molar-refractivity contribution is 5.42. The Kier molecular flexibility index (Phi) is 5.35. The molecule has 4 rings (SSSR count). The average molecular weight is 365 g/mol. The Bertz CT molecular complexity index is 791. The van der Waals surface area contributed by atoms with Crippen molar-refractivity contribution in [3.63, 3.8) is 0 Å². The van der Waals surface area contributed by atoms with Gasteiger partial charge in [0.05, 0.1) is 12.1 Å². The zero-order chi connectivity index (χ0) is 18.6. The van der Waals surface area contributed by atoms with Crippen molar-refractivity contribution >= 4 is 5.82 Å². The predicted octanol–water partition coefficient (Wildman–Crippen LogP) is 2.45. The fourth-order valence-corrected chi connectivity index (χ4v) is 4.19. The van der Waals surface area contributed by atoms with Crippen molar-refractivity contribution in [3.05, 3.63) is 35.5 Å². The van der Waals surface area contributed by atoms with E-state index in [-0.39, 0.29) is 0 Å². The Labute approximate surface area is 160 Å². The van der Waals surface area contributed by atoms with E-state index in [0.29, 0.717) is 11.5 Å². The molecule has 0 aliphatic carbocycles. The third-order valence-corrected chi connectivity index (χ3v) is 5.87. The summed E-state index contributed by atoms with van der Waals surface area (Å²) in [5.74, 6) is 3.61. The maximum absolute atomic E-state index is 8.91. The van der Waals surface area contributed by atoms with E-state index in [4.69, 9.17) is 5.26 Å². The molecule has 0 N–H and O–H groups in total. The van der Waals surface area contributed by atoms with Crippen LogP contribution in [-0.4, -0.2) is 50.8 Å². The Morgan fingerprint density at radius 2 is 1.85 bits per heavy atom. The van der Waals surface area contributed by atoms with Crippen molar-refractivity contribution in [2.24, 2.45) is 7.05 Å². The number of pyridine rings is 1. The first-order chi connectivity index (χ1) is 13.2. The minimum Gasteiger partial charge on any atom is -0.357 e. The summed E-state index contributed by atoms with van der Waals surface area (Å²) < 4.78 is 2.22. The van der Waals surface area contributed by atoms with E-state index in [9.17, 15) is 0 Å². The normalized spacial score (nSPS) is 19.2. The standard InChI is InChI=1S/C20H27N7/c1-25-19(15-26-9-3-2-4-10-26)23-24-20(25)17-7-11-27(12-8-17)18-6-5-16(13-21)14-22-18/h5-6,14,17H,2-4,7-12,15H2,1H3. The molecule has 4 heterocycles. The molecule has 2 saturated heterocycles. The van der Waals surface area contributed by atoms with E-state index in [1.807, 2.05) is 12.1 Å². The van der Waals surface area contributed by atoms with Gasteiger partial charge in [-0.15, -0.1) is 10.2 Å². The Morgan fingerprint density at radius 3 is 2.52 bits per heavy atom. The van der Waals surface area contributed by atoms with Crippen molar-refractivity contribution in [2.45, 2.75) is 44.6 Å². The van der Waals surface area contributed by atoms with E-state index in [1.165, 1.54) is 32.4 Å². The topological polar surface area (TPSA) is 73.9 Å². The van der Waals surface area contributed by atoms with Gasteiger partial charge in [0.1, 0.15) is 23.5 Å². The summed E-state index contributed by atoms with van der Waals surface area (Å²) in [5, 5.41) is 17.9. The lowest BCUT2D eigenvalue weighted by Crippen LogP contribution is -2.34. The Morgan fingerprint density at radius 1 is 1.07 bits per heavy atom. The van der Waals surface area contributed by atoms with Crippen LogP contribution in [0.25, 0.3) is 0 Å². The zero-order valence-electron chi connectivity index (χ0n) is 16.0. The van der Waals surface area contributed by atoms with Crippen LogP contribution < -0.4 is 4.90 Å². The van der Waals surface area contributed by atoms with E-state index < -0.39 is 0 Å². The molecule has 0 amide bonds. The van der Waals surface area contributed by atoms with E-state index in [1.54, 1.807) is 6.20 Å². The summed E-state index contributed by atoms with van der Waals surface area (Å²) in [5.41, 5.74) is 0.606. The van der Waals surface area contributed by atoms with Gasteiger partial charge in [-0.25, -0.2) is 4.98 Å². The van der Waals surface area contributed by atoms with Crippen LogP contribution >= 0.6 is 0 Å². The third kappa shape index (κ3) is 3.96. The second kappa shape index (κ2) is 8.05. The van der Waals surface area contributed by atoms with Gasteiger partial charge in [0.25, 0.3) is 0 Å². The Balaban J connectivity index is 1.37. The fourth-order valence-electron chi connectivity index (χ4n) is 4.19. The average Bonchev–Trinajstić information content (AvgIpc) is 3.09. The van der Waals surface area contributed by atoms with Gasteiger partial charge in [0.2, 0.25) is 0 Å². The molecule has 2 aliphatic rings. The van der Waals surface area contributed by atoms with Crippen LogP contribution in [-0.2, 0) is 13.6 Å². The summed E-state index contributed by atoms with van der Waals surface area (Å²) in [4.78, 5) is 9.21. The number of hydrogen-bond acceptors (Lipinski definition) is 6. The number of nitrogens with zero attached hydrogens (tertiary/aromatic N) is 7. The first kappa shape index (κ1) is 17.9. The Hall–Kier alpha value is -2.46. The van der Waals surface area contributed by atoms with Crippen molar-refractivity contribution in [1.29, 1.82) is 5.26 Å². The first-order valence-corrected chi connectivity index (χ1v) is 9.96. The number of rotatable bonds is 4. The molecule has 0 bridgehead atoms. The summed E-state index contributed by atoms with van der Waals surface area (Å²) >= 11 is 0.